The zero-order chi connectivity index (χ0) is 10.9. The normalized spacial score (nSPS) is 12.6. The predicted octanol–water partition coefficient (Wildman–Crippen LogP) is 2.42. The zero-order valence-electron chi connectivity index (χ0n) is 7.29. The van der Waals surface area contributed by atoms with Gasteiger partial charge in [0.15, 0.2) is 6.10 Å². The minimum absolute atomic E-state index is 0.229. The Morgan fingerprint density at radius 3 is 2.36 bits per heavy atom. The summed E-state index contributed by atoms with van der Waals surface area (Å²) in [4.78, 5) is 10.5. The number of hydrogen-bond donors (Lipinski definition) is 2. The van der Waals surface area contributed by atoms with Gasteiger partial charge in [0.1, 0.15) is 0 Å². The van der Waals surface area contributed by atoms with E-state index in [1.165, 1.54) is 12.1 Å². The third kappa shape index (κ3) is 2.18. The van der Waals surface area contributed by atoms with Crippen molar-refractivity contribution >= 4 is 29.2 Å². The fourth-order valence-corrected chi connectivity index (χ4v) is 1.48. The van der Waals surface area contributed by atoms with Crippen molar-refractivity contribution in [1.82, 2.24) is 0 Å². The van der Waals surface area contributed by atoms with Gasteiger partial charge in [0, 0.05) is 0 Å². The number of carbonyl (C=O) groups is 1. The quantitative estimate of drug-likeness (QED) is 0.827. The third-order valence-corrected chi connectivity index (χ3v) is 2.56. The molecule has 0 aliphatic heterocycles. The SMILES string of the molecule is Cc1cc(Cl)c(Cl)cc1[C@H](O)C(=O)O. The van der Waals surface area contributed by atoms with Crippen LogP contribution in [0.5, 0.6) is 0 Å². The topological polar surface area (TPSA) is 57.5 Å². The molecule has 0 unspecified atom stereocenters. The summed E-state index contributed by atoms with van der Waals surface area (Å²) in [5, 5.41) is 18.5. The molecule has 3 nitrogen and oxygen atoms in total. The summed E-state index contributed by atoms with van der Waals surface area (Å²) in [6, 6.07) is 2.88. The maximum Gasteiger partial charge on any atom is 0.337 e. The van der Waals surface area contributed by atoms with Gasteiger partial charge in [0.2, 0.25) is 0 Å². The van der Waals surface area contributed by atoms with Crippen LogP contribution < -0.4 is 0 Å². The maximum atomic E-state index is 10.5. The lowest BCUT2D eigenvalue weighted by molar-refractivity contribution is -0.147. The van der Waals surface area contributed by atoms with E-state index in [0.717, 1.165) is 0 Å². The number of hydrogen-bond acceptors (Lipinski definition) is 2. The minimum atomic E-state index is -1.57. The molecule has 0 fully saturated rings. The Balaban J connectivity index is 3.22. The van der Waals surface area contributed by atoms with E-state index in [-0.39, 0.29) is 10.6 Å². The summed E-state index contributed by atoms with van der Waals surface area (Å²) in [5.74, 6) is -1.31. The summed E-state index contributed by atoms with van der Waals surface area (Å²) in [5.41, 5.74) is 0.848. The van der Waals surface area contributed by atoms with Gasteiger partial charge in [0.25, 0.3) is 0 Å². The van der Waals surface area contributed by atoms with Crippen molar-refractivity contribution in [3.63, 3.8) is 0 Å². The van der Waals surface area contributed by atoms with Crippen LogP contribution in [0.3, 0.4) is 0 Å². The highest BCUT2D eigenvalue weighted by molar-refractivity contribution is 6.42. The van der Waals surface area contributed by atoms with Crippen LogP contribution in [-0.2, 0) is 4.79 Å². The van der Waals surface area contributed by atoms with Gasteiger partial charge in [-0.2, -0.15) is 0 Å². The molecule has 14 heavy (non-hydrogen) atoms. The Morgan fingerprint density at radius 2 is 1.86 bits per heavy atom. The molecule has 0 saturated carbocycles. The number of benzene rings is 1. The highest BCUT2D eigenvalue weighted by atomic mass is 35.5. The van der Waals surface area contributed by atoms with Crippen LogP contribution in [-0.4, -0.2) is 16.2 Å². The van der Waals surface area contributed by atoms with E-state index >= 15 is 0 Å². The molecule has 76 valence electrons. The standard InChI is InChI=1S/C9H8Cl2O3/c1-4-2-6(10)7(11)3-5(4)8(12)9(13)14/h2-3,8,12H,1H3,(H,13,14)/t8-/m0/s1. The van der Waals surface area contributed by atoms with E-state index in [2.05, 4.69) is 0 Å². The first-order chi connectivity index (χ1) is 6.43. The first-order valence-electron chi connectivity index (χ1n) is 3.80. The van der Waals surface area contributed by atoms with Crippen molar-refractivity contribution in [2.45, 2.75) is 13.0 Å². The minimum Gasteiger partial charge on any atom is -0.479 e. The molecule has 1 atom stereocenters. The number of carboxylic acid groups (broad SMARTS) is 1. The average molecular weight is 235 g/mol. The molecule has 2 N–H and O–H groups in total. The van der Waals surface area contributed by atoms with Gasteiger partial charge in [-0.15, -0.1) is 0 Å². The van der Waals surface area contributed by atoms with Crippen molar-refractivity contribution < 1.29 is 15.0 Å². The molecular formula is C9H8Cl2O3. The summed E-state index contributed by atoms with van der Waals surface area (Å²) in [7, 11) is 0. The lowest BCUT2D eigenvalue weighted by Crippen LogP contribution is -2.11. The Labute approximate surface area is 90.9 Å². The van der Waals surface area contributed by atoms with Crippen LogP contribution in [0.2, 0.25) is 10.0 Å². The Hall–Kier alpha value is -0.770. The van der Waals surface area contributed by atoms with Crippen LogP contribution in [0.1, 0.15) is 17.2 Å². The first-order valence-corrected chi connectivity index (χ1v) is 4.55. The second-order valence-corrected chi connectivity index (χ2v) is 3.68. The van der Waals surface area contributed by atoms with Gasteiger partial charge in [-0.1, -0.05) is 23.2 Å². The molecule has 1 aromatic rings. The molecule has 1 rings (SSSR count). The van der Waals surface area contributed by atoms with Crippen molar-refractivity contribution in [2.24, 2.45) is 0 Å². The number of aliphatic hydroxyl groups is 1. The molecule has 0 aliphatic carbocycles. The number of halogens is 2. The Bertz CT molecular complexity index is 377. The number of aliphatic hydroxyl groups excluding tert-OH is 1. The number of carboxylic acids is 1. The number of aliphatic carboxylic acids is 1. The predicted molar refractivity (Wildman–Crippen MR) is 53.8 cm³/mol. The second-order valence-electron chi connectivity index (χ2n) is 2.86. The molecule has 0 saturated heterocycles. The van der Waals surface area contributed by atoms with Crippen molar-refractivity contribution in [3.05, 3.63) is 33.3 Å². The summed E-state index contributed by atoms with van der Waals surface area (Å²) in [6.07, 6.45) is -1.57. The second kappa shape index (κ2) is 4.17. The highest BCUT2D eigenvalue weighted by Crippen LogP contribution is 2.28. The molecule has 0 bridgehead atoms. The summed E-state index contributed by atoms with van der Waals surface area (Å²) in [6.45, 7) is 1.66. The Kier molecular flexibility index (Phi) is 3.37. The van der Waals surface area contributed by atoms with Gasteiger partial charge < -0.3 is 10.2 Å². The van der Waals surface area contributed by atoms with E-state index in [9.17, 15) is 9.90 Å². The molecule has 0 aliphatic rings. The highest BCUT2D eigenvalue weighted by Gasteiger charge is 2.19. The van der Waals surface area contributed by atoms with Crippen LogP contribution >= 0.6 is 23.2 Å². The van der Waals surface area contributed by atoms with E-state index in [1.54, 1.807) is 6.92 Å². The molecule has 0 aromatic heterocycles. The fraction of sp³-hybridized carbons (Fsp3) is 0.222. The van der Waals surface area contributed by atoms with Crippen LogP contribution in [0, 0.1) is 6.92 Å². The van der Waals surface area contributed by atoms with Crippen molar-refractivity contribution in [2.75, 3.05) is 0 Å². The van der Waals surface area contributed by atoms with Gasteiger partial charge >= 0.3 is 5.97 Å². The van der Waals surface area contributed by atoms with E-state index < -0.39 is 12.1 Å². The molecule has 1 aromatic carbocycles. The molecule has 5 heteroatoms. The molecular weight excluding hydrogens is 227 g/mol. The monoisotopic (exact) mass is 234 g/mol. The summed E-state index contributed by atoms with van der Waals surface area (Å²) < 4.78 is 0. The van der Waals surface area contributed by atoms with Crippen molar-refractivity contribution in [3.8, 4) is 0 Å². The van der Waals surface area contributed by atoms with E-state index in [0.29, 0.717) is 10.6 Å². The Morgan fingerprint density at radius 1 is 1.36 bits per heavy atom. The lowest BCUT2D eigenvalue weighted by Gasteiger charge is -2.10. The first kappa shape index (κ1) is 11.3. The fourth-order valence-electron chi connectivity index (χ4n) is 1.09. The van der Waals surface area contributed by atoms with Gasteiger partial charge in [0.05, 0.1) is 10.0 Å². The van der Waals surface area contributed by atoms with Gasteiger partial charge in [-0.25, -0.2) is 4.79 Å². The lowest BCUT2D eigenvalue weighted by atomic mass is 10.0. The van der Waals surface area contributed by atoms with Gasteiger partial charge in [-0.3, -0.25) is 0 Å². The van der Waals surface area contributed by atoms with Crippen LogP contribution in [0.4, 0.5) is 0 Å². The smallest absolute Gasteiger partial charge is 0.337 e. The van der Waals surface area contributed by atoms with E-state index in [4.69, 9.17) is 28.3 Å². The number of aryl methyl sites for hydroxylation is 1. The van der Waals surface area contributed by atoms with Crippen LogP contribution in [0.25, 0.3) is 0 Å². The third-order valence-electron chi connectivity index (χ3n) is 1.84. The molecule has 0 radical (unpaired) electrons. The molecule has 0 amide bonds. The average Bonchev–Trinajstić information content (AvgIpc) is 2.10. The van der Waals surface area contributed by atoms with Gasteiger partial charge in [-0.05, 0) is 30.2 Å². The summed E-state index contributed by atoms with van der Waals surface area (Å²) >= 11 is 11.4. The maximum absolute atomic E-state index is 10.5. The van der Waals surface area contributed by atoms with Crippen molar-refractivity contribution in [1.29, 1.82) is 0 Å². The zero-order valence-corrected chi connectivity index (χ0v) is 8.80. The van der Waals surface area contributed by atoms with Crippen LogP contribution in [0.15, 0.2) is 12.1 Å². The molecule has 0 spiro atoms. The molecule has 0 heterocycles. The number of rotatable bonds is 2. The largest absolute Gasteiger partial charge is 0.479 e. The van der Waals surface area contributed by atoms with E-state index in [1.807, 2.05) is 0 Å².